The molecule has 2 aliphatic rings. The summed E-state index contributed by atoms with van der Waals surface area (Å²) in [5.41, 5.74) is 5.00. The second-order valence-electron chi connectivity index (χ2n) is 10.5. The molecule has 1 amide bonds. The van der Waals surface area contributed by atoms with Crippen LogP contribution in [0.3, 0.4) is 0 Å². The molecule has 0 aromatic heterocycles. The van der Waals surface area contributed by atoms with Gasteiger partial charge in [-0.2, -0.15) is 0 Å². The molecule has 38 heavy (non-hydrogen) atoms. The van der Waals surface area contributed by atoms with Gasteiger partial charge in [-0.25, -0.2) is 0 Å². The molecule has 3 aromatic rings. The molecular formula is C32H36N2O4. The molecule has 0 aliphatic carbocycles. The third kappa shape index (κ3) is 5.14. The summed E-state index contributed by atoms with van der Waals surface area (Å²) >= 11 is 0. The van der Waals surface area contributed by atoms with E-state index < -0.39 is 6.10 Å². The minimum Gasteiger partial charge on any atom is -0.508 e. The molecule has 1 fully saturated rings. The highest BCUT2D eigenvalue weighted by atomic mass is 16.5. The smallest absolute Gasteiger partial charge is 0.251 e. The Balaban J connectivity index is 1.46. The molecule has 2 aliphatic heterocycles. The second-order valence-corrected chi connectivity index (χ2v) is 10.5. The van der Waals surface area contributed by atoms with Crippen LogP contribution in [0.5, 0.6) is 17.2 Å². The van der Waals surface area contributed by atoms with Crippen LogP contribution in [0.25, 0.3) is 11.1 Å². The third-order valence-corrected chi connectivity index (χ3v) is 7.72. The van der Waals surface area contributed by atoms with Gasteiger partial charge >= 0.3 is 0 Å². The number of nitrogens with one attached hydrogen (secondary N) is 1. The monoisotopic (exact) mass is 512 g/mol. The highest BCUT2D eigenvalue weighted by Crippen LogP contribution is 2.48. The lowest BCUT2D eigenvalue weighted by Gasteiger charge is -2.32. The number of fused-ring (bicyclic) bond motifs is 1. The van der Waals surface area contributed by atoms with Crippen LogP contribution in [0.15, 0.2) is 66.7 Å². The zero-order valence-corrected chi connectivity index (χ0v) is 22.5. The summed E-state index contributed by atoms with van der Waals surface area (Å²) in [6.45, 7) is 9.45. The van der Waals surface area contributed by atoms with E-state index in [2.05, 4.69) is 24.1 Å². The summed E-state index contributed by atoms with van der Waals surface area (Å²) in [5, 5.41) is 12.9. The summed E-state index contributed by atoms with van der Waals surface area (Å²) < 4.78 is 12.7. The Morgan fingerprint density at radius 2 is 1.89 bits per heavy atom. The number of hydrogen-bond acceptors (Lipinski definition) is 5. The summed E-state index contributed by atoms with van der Waals surface area (Å²) in [6.07, 6.45) is 0.818. The number of phenols is 1. The first kappa shape index (κ1) is 25.9. The van der Waals surface area contributed by atoms with Crippen LogP contribution in [0.1, 0.15) is 60.3 Å². The number of rotatable bonds is 7. The number of carbonyl (C=O) groups excluding carboxylic acids is 1. The molecule has 0 spiro atoms. The first-order valence-corrected chi connectivity index (χ1v) is 13.3. The van der Waals surface area contributed by atoms with Crippen molar-refractivity contribution < 1.29 is 19.4 Å². The van der Waals surface area contributed by atoms with Gasteiger partial charge in [0.05, 0.1) is 0 Å². The molecular weight excluding hydrogens is 476 g/mol. The van der Waals surface area contributed by atoms with Crippen molar-refractivity contribution in [3.8, 4) is 17.2 Å². The van der Waals surface area contributed by atoms with E-state index in [9.17, 15) is 9.90 Å². The molecule has 198 valence electrons. The molecule has 0 radical (unpaired) electrons. The van der Waals surface area contributed by atoms with Crippen molar-refractivity contribution in [3.63, 3.8) is 0 Å². The maximum absolute atomic E-state index is 12.8. The zero-order valence-electron chi connectivity index (χ0n) is 22.5. The zero-order chi connectivity index (χ0) is 26.8. The number of allylic oxidation sites excluding steroid dienone is 1. The predicted molar refractivity (Wildman–Crippen MR) is 151 cm³/mol. The topological polar surface area (TPSA) is 71.0 Å². The largest absolute Gasteiger partial charge is 0.508 e. The van der Waals surface area contributed by atoms with E-state index >= 15 is 0 Å². The van der Waals surface area contributed by atoms with Crippen LogP contribution < -0.4 is 14.8 Å². The van der Waals surface area contributed by atoms with Crippen LogP contribution >= 0.6 is 0 Å². The Labute approximate surface area is 224 Å². The Kier molecular flexibility index (Phi) is 7.43. The number of benzene rings is 3. The normalized spacial score (nSPS) is 20.0. The van der Waals surface area contributed by atoms with Gasteiger partial charge < -0.3 is 19.9 Å². The lowest BCUT2D eigenvalue weighted by molar-refractivity contribution is 0.0962. The van der Waals surface area contributed by atoms with E-state index in [4.69, 9.17) is 9.47 Å². The van der Waals surface area contributed by atoms with Crippen molar-refractivity contribution in [1.29, 1.82) is 0 Å². The maximum atomic E-state index is 12.8. The van der Waals surface area contributed by atoms with E-state index in [1.165, 1.54) is 6.42 Å². The van der Waals surface area contributed by atoms with Crippen molar-refractivity contribution in [3.05, 3.63) is 89.0 Å². The fourth-order valence-corrected chi connectivity index (χ4v) is 5.50. The Hall–Kier alpha value is -3.77. The quantitative estimate of drug-likeness (QED) is 0.411. The van der Waals surface area contributed by atoms with Crippen molar-refractivity contribution in [2.75, 3.05) is 26.7 Å². The minimum absolute atomic E-state index is 0.161. The van der Waals surface area contributed by atoms with Gasteiger partial charge in [-0.05, 0) is 85.8 Å². The fourth-order valence-electron chi connectivity index (χ4n) is 5.50. The van der Waals surface area contributed by atoms with Crippen LogP contribution in [-0.2, 0) is 0 Å². The van der Waals surface area contributed by atoms with E-state index in [-0.39, 0.29) is 11.7 Å². The number of nitrogens with zero attached hydrogens (tertiary/aromatic N) is 1. The van der Waals surface area contributed by atoms with Crippen LogP contribution in [0.4, 0.5) is 0 Å². The van der Waals surface area contributed by atoms with Gasteiger partial charge in [-0.1, -0.05) is 37.3 Å². The molecule has 0 bridgehead atoms. The highest BCUT2D eigenvalue weighted by molar-refractivity contribution is 6.04. The highest BCUT2D eigenvalue weighted by Gasteiger charge is 2.31. The Morgan fingerprint density at radius 1 is 1.13 bits per heavy atom. The molecule has 0 saturated carbocycles. The van der Waals surface area contributed by atoms with Crippen LogP contribution in [0.2, 0.25) is 0 Å². The third-order valence-electron chi connectivity index (χ3n) is 7.72. The van der Waals surface area contributed by atoms with E-state index in [1.807, 2.05) is 55.5 Å². The van der Waals surface area contributed by atoms with Gasteiger partial charge in [0, 0.05) is 36.3 Å². The molecule has 2 heterocycles. The van der Waals surface area contributed by atoms with Crippen molar-refractivity contribution in [2.45, 2.75) is 39.3 Å². The molecule has 6 heteroatoms. The molecule has 5 rings (SSSR count). The number of aromatic hydroxyl groups is 1. The molecule has 2 N–H and O–H groups in total. The fraction of sp³-hybridized carbons (Fsp3) is 0.344. The maximum Gasteiger partial charge on any atom is 0.251 e. The molecule has 1 saturated heterocycles. The summed E-state index contributed by atoms with van der Waals surface area (Å²) in [5.74, 6) is 2.28. The minimum atomic E-state index is -0.433. The number of hydrogen-bond donors (Lipinski definition) is 2. The van der Waals surface area contributed by atoms with E-state index in [0.717, 1.165) is 52.6 Å². The first-order valence-electron chi connectivity index (χ1n) is 13.3. The molecule has 3 aromatic carbocycles. The van der Waals surface area contributed by atoms with Gasteiger partial charge in [0.1, 0.15) is 30.0 Å². The standard InChI is InChI=1S/C32H36N2O4/c1-20-15-16-34(18-20)21(2)19-37-25-12-9-23(10-13-25)31-30(26-7-5-6-8-27(26)32(36)33-4)22(3)28-17-24(35)11-14-29(28)38-31/h5-14,17,20-21,31,35H,15-16,18-19H2,1-4H3,(H,33,36)/t20-,21+,31?/m1/s1. The van der Waals surface area contributed by atoms with Gasteiger partial charge in [-0.3, -0.25) is 9.69 Å². The lowest BCUT2D eigenvalue weighted by Crippen LogP contribution is -2.35. The first-order chi connectivity index (χ1) is 18.4. The van der Waals surface area contributed by atoms with Gasteiger partial charge in [0.2, 0.25) is 0 Å². The average Bonchev–Trinajstić information content (AvgIpc) is 3.38. The van der Waals surface area contributed by atoms with Gasteiger partial charge in [-0.15, -0.1) is 0 Å². The number of phenolic OH excluding ortho intramolecular Hbond substituents is 1. The van der Waals surface area contributed by atoms with Crippen molar-refractivity contribution in [2.24, 2.45) is 5.92 Å². The average molecular weight is 513 g/mol. The number of amides is 1. The van der Waals surface area contributed by atoms with Crippen molar-refractivity contribution in [1.82, 2.24) is 10.2 Å². The number of carbonyl (C=O) groups is 1. The van der Waals surface area contributed by atoms with Gasteiger partial charge in [0.25, 0.3) is 5.91 Å². The molecule has 1 unspecified atom stereocenters. The molecule has 6 nitrogen and oxygen atoms in total. The molecule has 3 atom stereocenters. The van der Waals surface area contributed by atoms with Crippen molar-refractivity contribution >= 4 is 17.1 Å². The summed E-state index contributed by atoms with van der Waals surface area (Å²) in [6, 6.07) is 21.1. The number of likely N-dealkylation sites (tertiary alicyclic amines) is 1. The predicted octanol–water partition coefficient (Wildman–Crippen LogP) is 5.93. The van der Waals surface area contributed by atoms with E-state index in [1.54, 1.807) is 25.2 Å². The van der Waals surface area contributed by atoms with Crippen LogP contribution in [-0.4, -0.2) is 48.7 Å². The number of ether oxygens (including phenoxy) is 2. The van der Waals surface area contributed by atoms with E-state index in [0.29, 0.717) is 24.0 Å². The van der Waals surface area contributed by atoms with Gasteiger partial charge in [0.15, 0.2) is 0 Å². The summed E-state index contributed by atoms with van der Waals surface area (Å²) in [7, 11) is 1.63. The second kappa shape index (κ2) is 10.9. The van der Waals surface area contributed by atoms with Crippen LogP contribution in [0, 0.1) is 5.92 Å². The SMILES string of the molecule is CNC(=O)c1ccccc1C1=C(C)c2cc(O)ccc2OC1c1ccc(OC[C@H](C)N2CC[C@@H](C)C2)cc1. The summed E-state index contributed by atoms with van der Waals surface area (Å²) in [4.78, 5) is 15.3. The Morgan fingerprint density at radius 3 is 2.61 bits per heavy atom. The lowest BCUT2D eigenvalue weighted by atomic mass is 9.84. The Bertz CT molecular complexity index is 1350.